The number of carbonyl (C=O) groups is 1. The summed E-state index contributed by atoms with van der Waals surface area (Å²) in [6.45, 7) is 22.1. The molecule has 0 unspecified atom stereocenters. The Kier molecular flexibility index (Phi) is 10.3. The van der Waals surface area contributed by atoms with Crippen LogP contribution in [0.2, 0.25) is 0 Å². The van der Waals surface area contributed by atoms with Crippen LogP contribution in [0.25, 0.3) is 0 Å². The van der Waals surface area contributed by atoms with E-state index in [0.29, 0.717) is 23.2 Å². The molecule has 0 aromatic heterocycles. The summed E-state index contributed by atoms with van der Waals surface area (Å²) in [7, 11) is 0. The highest BCUT2D eigenvalue weighted by Crippen LogP contribution is 2.72. The number of ether oxygens (including phenoxy) is 1. The van der Waals surface area contributed by atoms with E-state index in [1.54, 1.807) is 0 Å². The fraction of sp³-hybridized carbons (Fsp3) is 0.872. The second kappa shape index (κ2) is 12.9. The monoisotopic (exact) mass is 567 g/mol. The van der Waals surface area contributed by atoms with Gasteiger partial charge in [-0.15, -0.1) is 0 Å². The highest BCUT2D eigenvalue weighted by molar-refractivity contribution is 5.69. The standard InChI is InChI=1S/C39H66O2/c1-10-11-12-13-14-15-19-35(40)41-34-24-25-37(7)31-23-27-38(8)30(29(4)18-16-17-28(2)3)22-26-39(38,9)32(31)20-21-33(37)36(34,5)6/h17,29-30,33-34H,10-16,18-27H2,1-9H3/t29-,30-,33+,34+,37-,38-,39+/m1/s1. The lowest BCUT2D eigenvalue weighted by Gasteiger charge is -2.62. The second-order valence-electron chi connectivity index (χ2n) is 16.6. The Hall–Kier alpha value is -1.05. The van der Waals surface area contributed by atoms with E-state index in [4.69, 9.17) is 4.74 Å². The molecule has 0 amide bonds. The first-order valence-corrected chi connectivity index (χ1v) is 17.9. The van der Waals surface area contributed by atoms with Gasteiger partial charge in [0.2, 0.25) is 0 Å². The first kappa shape index (κ1) is 32.9. The van der Waals surface area contributed by atoms with E-state index >= 15 is 0 Å². The van der Waals surface area contributed by atoms with Crippen molar-refractivity contribution in [1.29, 1.82) is 0 Å². The Balaban J connectivity index is 1.45. The van der Waals surface area contributed by atoms with Crippen molar-refractivity contribution in [2.45, 2.75) is 178 Å². The summed E-state index contributed by atoms with van der Waals surface area (Å²) in [5.41, 5.74) is 6.25. The molecule has 2 nitrogen and oxygen atoms in total. The molecule has 4 aliphatic rings. The van der Waals surface area contributed by atoms with Gasteiger partial charge in [-0.1, -0.05) is 103 Å². The molecule has 0 aromatic carbocycles. The number of rotatable bonds is 12. The van der Waals surface area contributed by atoms with Crippen LogP contribution in [0, 0.1) is 39.4 Å². The summed E-state index contributed by atoms with van der Waals surface area (Å²) in [5.74, 6) is 2.29. The van der Waals surface area contributed by atoms with E-state index in [2.05, 4.69) is 68.4 Å². The van der Waals surface area contributed by atoms with Gasteiger partial charge in [0.25, 0.3) is 0 Å². The summed E-state index contributed by atoms with van der Waals surface area (Å²) in [6.07, 6.45) is 23.1. The molecule has 0 bridgehead atoms. The van der Waals surface area contributed by atoms with Crippen molar-refractivity contribution in [3.8, 4) is 0 Å². The van der Waals surface area contributed by atoms with Crippen molar-refractivity contribution >= 4 is 5.97 Å². The minimum absolute atomic E-state index is 0.0294. The topological polar surface area (TPSA) is 26.3 Å². The average Bonchev–Trinajstić information content (AvgIpc) is 3.19. The van der Waals surface area contributed by atoms with Crippen LogP contribution in [0.3, 0.4) is 0 Å². The van der Waals surface area contributed by atoms with Crippen LogP contribution >= 0.6 is 0 Å². The van der Waals surface area contributed by atoms with Crippen LogP contribution in [0.5, 0.6) is 0 Å². The highest BCUT2D eigenvalue weighted by Gasteiger charge is 2.63. The molecule has 4 aliphatic carbocycles. The molecule has 0 N–H and O–H groups in total. The van der Waals surface area contributed by atoms with Gasteiger partial charge in [-0.3, -0.25) is 4.79 Å². The van der Waals surface area contributed by atoms with E-state index < -0.39 is 0 Å². The summed E-state index contributed by atoms with van der Waals surface area (Å²) in [4.78, 5) is 12.9. The van der Waals surface area contributed by atoms with Crippen LogP contribution in [-0.2, 0) is 9.53 Å². The Labute approximate surface area is 254 Å². The van der Waals surface area contributed by atoms with E-state index in [1.807, 2.05) is 11.1 Å². The largest absolute Gasteiger partial charge is 0.462 e. The lowest BCUT2D eigenvalue weighted by molar-refractivity contribution is -0.170. The number of hydrogen-bond donors (Lipinski definition) is 0. The van der Waals surface area contributed by atoms with Gasteiger partial charge in [-0.25, -0.2) is 0 Å². The lowest BCUT2D eigenvalue weighted by atomic mass is 9.43. The third-order valence-electron chi connectivity index (χ3n) is 13.6. The molecule has 4 rings (SSSR count). The molecule has 0 radical (unpaired) electrons. The van der Waals surface area contributed by atoms with Gasteiger partial charge in [0.1, 0.15) is 6.10 Å². The predicted octanol–water partition coefficient (Wildman–Crippen LogP) is 11.8. The molecular weight excluding hydrogens is 500 g/mol. The number of esters is 1. The smallest absolute Gasteiger partial charge is 0.306 e. The van der Waals surface area contributed by atoms with Crippen molar-refractivity contribution in [3.63, 3.8) is 0 Å². The van der Waals surface area contributed by atoms with E-state index in [-0.39, 0.29) is 22.9 Å². The minimum atomic E-state index is 0.0294. The van der Waals surface area contributed by atoms with Crippen LogP contribution in [0.1, 0.15) is 171 Å². The normalized spacial score (nSPS) is 36.7. The molecule has 2 fully saturated rings. The first-order chi connectivity index (χ1) is 19.3. The minimum Gasteiger partial charge on any atom is -0.462 e. The van der Waals surface area contributed by atoms with Crippen LogP contribution in [-0.4, -0.2) is 12.1 Å². The van der Waals surface area contributed by atoms with Crippen molar-refractivity contribution in [3.05, 3.63) is 22.8 Å². The third kappa shape index (κ3) is 6.16. The van der Waals surface area contributed by atoms with Gasteiger partial charge in [0, 0.05) is 11.8 Å². The molecule has 2 saturated carbocycles. The Morgan fingerprint density at radius 2 is 1.61 bits per heavy atom. The molecule has 0 aliphatic heterocycles. The van der Waals surface area contributed by atoms with Gasteiger partial charge in [-0.2, -0.15) is 0 Å². The van der Waals surface area contributed by atoms with E-state index in [0.717, 1.165) is 31.1 Å². The van der Waals surface area contributed by atoms with Crippen molar-refractivity contribution in [1.82, 2.24) is 0 Å². The Morgan fingerprint density at radius 3 is 2.32 bits per heavy atom. The number of fused-ring (bicyclic) bond motifs is 4. The maximum atomic E-state index is 12.9. The third-order valence-corrected chi connectivity index (χ3v) is 13.6. The fourth-order valence-electron chi connectivity index (χ4n) is 10.9. The zero-order valence-electron chi connectivity index (χ0n) is 28.7. The molecule has 0 spiro atoms. The number of allylic oxidation sites excluding steroid dienone is 4. The lowest BCUT2D eigenvalue weighted by Crippen LogP contribution is -2.55. The molecule has 0 aromatic rings. The van der Waals surface area contributed by atoms with Crippen molar-refractivity contribution < 1.29 is 9.53 Å². The average molecular weight is 567 g/mol. The Bertz CT molecular complexity index is 982. The van der Waals surface area contributed by atoms with Crippen LogP contribution in [0.15, 0.2) is 22.8 Å². The summed E-state index contributed by atoms with van der Waals surface area (Å²) in [6, 6.07) is 0. The molecule has 0 heterocycles. The molecular formula is C39H66O2. The predicted molar refractivity (Wildman–Crippen MR) is 175 cm³/mol. The molecule has 0 saturated heterocycles. The zero-order chi connectivity index (χ0) is 30.1. The van der Waals surface area contributed by atoms with Gasteiger partial charge >= 0.3 is 5.97 Å². The van der Waals surface area contributed by atoms with Crippen LogP contribution < -0.4 is 0 Å². The molecule has 234 valence electrons. The van der Waals surface area contributed by atoms with E-state index in [9.17, 15) is 4.79 Å². The summed E-state index contributed by atoms with van der Waals surface area (Å²) >= 11 is 0. The summed E-state index contributed by atoms with van der Waals surface area (Å²) < 4.78 is 6.30. The van der Waals surface area contributed by atoms with Crippen molar-refractivity contribution in [2.24, 2.45) is 39.4 Å². The quantitative estimate of drug-likeness (QED) is 0.133. The number of hydrogen-bond acceptors (Lipinski definition) is 2. The number of unbranched alkanes of at least 4 members (excludes halogenated alkanes) is 5. The summed E-state index contributed by atoms with van der Waals surface area (Å²) in [5, 5.41) is 0. The van der Waals surface area contributed by atoms with Crippen molar-refractivity contribution in [2.75, 3.05) is 0 Å². The maximum absolute atomic E-state index is 12.9. The van der Waals surface area contributed by atoms with E-state index in [1.165, 1.54) is 89.0 Å². The zero-order valence-corrected chi connectivity index (χ0v) is 28.7. The van der Waals surface area contributed by atoms with Gasteiger partial charge in [-0.05, 0) is 118 Å². The SMILES string of the molecule is CCCCCCCCC(=O)O[C@H]1CC[C@]2(C)C3=C(CC[C@H]2C1(C)C)[C@]1(C)CC[C@H]([C@H](C)CCC=C(C)C)[C@@]1(C)CC3. The van der Waals surface area contributed by atoms with Crippen LogP contribution in [0.4, 0.5) is 0 Å². The van der Waals surface area contributed by atoms with Gasteiger partial charge in [0.05, 0.1) is 0 Å². The molecule has 41 heavy (non-hydrogen) atoms. The molecule has 7 atom stereocenters. The first-order valence-electron chi connectivity index (χ1n) is 17.9. The second-order valence-corrected chi connectivity index (χ2v) is 16.6. The van der Waals surface area contributed by atoms with Gasteiger partial charge < -0.3 is 4.74 Å². The fourth-order valence-corrected chi connectivity index (χ4v) is 10.9. The highest BCUT2D eigenvalue weighted by atomic mass is 16.5. The Morgan fingerprint density at radius 1 is 0.902 bits per heavy atom. The maximum Gasteiger partial charge on any atom is 0.306 e. The number of carbonyl (C=O) groups excluding carboxylic acids is 1. The molecule has 2 heteroatoms. The van der Waals surface area contributed by atoms with Gasteiger partial charge in [0.15, 0.2) is 0 Å².